The van der Waals surface area contributed by atoms with E-state index in [1.807, 2.05) is 35.6 Å². The molecule has 4 rings (SSSR count). The molecule has 0 N–H and O–H groups in total. The van der Waals surface area contributed by atoms with Crippen LogP contribution in [0.4, 0.5) is 4.79 Å². The molecule has 1 fully saturated rings. The van der Waals surface area contributed by atoms with Crippen LogP contribution in [0.25, 0.3) is 6.08 Å². The van der Waals surface area contributed by atoms with Crippen LogP contribution in [0.2, 0.25) is 10.0 Å². The molecule has 0 aromatic heterocycles. The SMILES string of the molecule is CCOc1cc(/C=C2\SC(=O)N(Cc3ccc(Cl)cc3Cl)C2=O)cc(I)c1OC(=O)c1ccccc1. The number of imide groups is 1. The summed E-state index contributed by atoms with van der Waals surface area (Å²) in [5.74, 6) is -0.297. The van der Waals surface area contributed by atoms with Crippen molar-refractivity contribution < 1.29 is 23.9 Å². The number of halogens is 3. The van der Waals surface area contributed by atoms with Gasteiger partial charge in [-0.2, -0.15) is 0 Å². The summed E-state index contributed by atoms with van der Waals surface area (Å²) in [6.45, 7) is 2.19. The molecule has 0 spiro atoms. The van der Waals surface area contributed by atoms with E-state index in [2.05, 4.69) is 0 Å². The van der Waals surface area contributed by atoms with Crippen molar-refractivity contribution in [2.45, 2.75) is 13.5 Å². The Kier molecular flexibility index (Phi) is 8.61. The van der Waals surface area contributed by atoms with Crippen molar-refractivity contribution in [2.75, 3.05) is 6.61 Å². The van der Waals surface area contributed by atoms with Crippen LogP contribution in [-0.4, -0.2) is 28.6 Å². The average Bonchev–Trinajstić information content (AvgIpc) is 3.10. The maximum absolute atomic E-state index is 13.0. The molecule has 0 unspecified atom stereocenters. The number of hydrogen-bond acceptors (Lipinski definition) is 6. The van der Waals surface area contributed by atoms with Gasteiger partial charge in [0.25, 0.3) is 11.1 Å². The fourth-order valence-electron chi connectivity index (χ4n) is 3.37. The summed E-state index contributed by atoms with van der Waals surface area (Å²) in [5.41, 5.74) is 1.65. The first-order valence-electron chi connectivity index (χ1n) is 10.7. The lowest BCUT2D eigenvalue weighted by Gasteiger charge is -2.14. The summed E-state index contributed by atoms with van der Waals surface area (Å²) >= 11 is 15.0. The van der Waals surface area contributed by atoms with Crippen LogP contribution in [0.15, 0.2) is 65.6 Å². The lowest BCUT2D eigenvalue weighted by molar-refractivity contribution is -0.123. The second-order valence-electron chi connectivity index (χ2n) is 7.52. The topological polar surface area (TPSA) is 72.9 Å². The van der Waals surface area contributed by atoms with Gasteiger partial charge in [-0.15, -0.1) is 0 Å². The highest BCUT2D eigenvalue weighted by Gasteiger charge is 2.35. The van der Waals surface area contributed by atoms with E-state index >= 15 is 0 Å². The fourth-order valence-corrected chi connectivity index (χ4v) is 5.41. The van der Waals surface area contributed by atoms with Gasteiger partial charge in [-0.25, -0.2) is 4.79 Å². The van der Waals surface area contributed by atoms with Crippen LogP contribution in [0.3, 0.4) is 0 Å². The van der Waals surface area contributed by atoms with Gasteiger partial charge in [-0.1, -0.05) is 47.5 Å². The number of carbonyl (C=O) groups is 3. The zero-order chi connectivity index (χ0) is 25.8. The Morgan fingerprint density at radius 1 is 1.08 bits per heavy atom. The Hall–Kier alpha value is -2.53. The number of thioether (sulfide) groups is 1. The largest absolute Gasteiger partial charge is 0.490 e. The number of rotatable bonds is 7. The predicted octanol–water partition coefficient (Wildman–Crippen LogP) is 7.45. The Morgan fingerprint density at radius 2 is 1.83 bits per heavy atom. The number of hydrogen-bond donors (Lipinski definition) is 0. The van der Waals surface area contributed by atoms with Gasteiger partial charge in [0.15, 0.2) is 11.5 Å². The number of nitrogens with zero attached hydrogens (tertiary/aromatic N) is 1. The highest BCUT2D eigenvalue weighted by Crippen LogP contribution is 2.38. The van der Waals surface area contributed by atoms with Gasteiger partial charge in [0.05, 0.1) is 27.2 Å². The van der Waals surface area contributed by atoms with E-state index in [0.29, 0.717) is 42.7 Å². The van der Waals surface area contributed by atoms with E-state index in [0.717, 1.165) is 16.7 Å². The average molecular weight is 654 g/mol. The van der Waals surface area contributed by atoms with Crippen LogP contribution >= 0.6 is 57.6 Å². The van der Waals surface area contributed by atoms with E-state index < -0.39 is 17.1 Å². The zero-order valence-electron chi connectivity index (χ0n) is 18.8. The molecule has 1 heterocycles. The smallest absolute Gasteiger partial charge is 0.343 e. The van der Waals surface area contributed by atoms with Gasteiger partial charge in [-0.3, -0.25) is 14.5 Å². The Labute approximate surface area is 235 Å². The van der Waals surface area contributed by atoms with E-state index in [1.54, 1.807) is 60.7 Å². The van der Waals surface area contributed by atoms with Crippen molar-refractivity contribution in [1.82, 2.24) is 4.90 Å². The molecule has 36 heavy (non-hydrogen) atoms. The van der Waals surface area contributed by atoms with Crippen molar-refractivity contribution >= 4 is 80.7 Å². The summed E-state index contributed by atoms with van der Waals surface area (Å²) in [6, 6.07) is 17.0. The quantitative estimate of drug-likeness (QED) is 0.114. The first-order chi connectivity index (χ1) is 17.3. The summed E-state index contributed by atoms with van der Waals surface area (Å²) in [6.07, 6.45) is 1.61. The molecule has 3 aromatic rings. The fraction of sp³-hybridized carbons (Fsp3) is 0.115. The van der Waals surface area contributed by atoms with Crippen LogP contribution in [0.5, 0.6) is 11.5 Å². The van der Waals surface area contributed by atoms with Crippen molar-refractivity contribution in [3.8, 4) is 11.5 Å². The maximum Gasteiger partial charge on any atom is 0.343 e. The third-order valence-electron chi connectivity index (χ3n) is 5.05. The van der Waals surface area contributed by atoms with Gasteiger partial charge in [0, 0.05) is 10.0 Å². The van der Waals surface area contributed by atoms with Crippen molar-refractivity contribution in [3.63, 3.8) is 0 Å². The number of amides is 2. The minimum Gasteiger partial charge on any atom is -0.490 e. The molecule has 0 radical (unpaired) electrons. The van der Waals surface area contributed by atoms with E-state index in [4.69, 9.17) is 32.7 Å². The molecule has 184 valence electrons. The van der Waals surface area contributed by atoms with Gasteiger partial charge < -0.3 is 9.47 Å². The van der Waals surface area contributed by atoms with Gasteiger partial charge >= 0.3 is 5.97 Å². The van der Waals surface area contributed by atoms with E-state index in [1.165, 1.54) is 0 Å². The number of esters is 1. The van der Waals surface area contributed by atoms with E-state index in [-0.39, 0.29) is 17.2 Å². The van der Waals surface area contributed by atoms with Gasteiger partial charge in [-0.05, 0) is 94.9 Å². The summed E-state index contributed by atoms with van der Waals surface area (Å²) in [5, 5.41) is 0.447. The van der Waals surface area contributed by atoms with Gasteiger partial charge in [0.1, 0.15) is 0 Å². The standard InChI is InChI=1S/C26H18Cl2INO5S/c1-2-34-21-11-15(10-20(29)23(21)35-25(32)16-6-4-3-5-7-16)12-22-24(31)30(26(33)36-22)14-17-8-9-18(27)13-19(17)28/h3-13H,2,14H2,1H3/b22-12-. The molecule has 10 heteroatoms. The summed E-state index contributed by atoms with van der Waals surface area (Å²) < 4.78 is 12.0. The molecule has 0 saturated carbocycles. The third-order valence-corrected chi connectivity index (χ3v) is 7.35. The molecule has 2 amide bonds. The Bertz CT molecular complexity index is 1380. The third kappa shape index (κ3) is 6.05. The van der Waals surface area contributed by atoms with Crippen LogP contribution in [0.1, 0.15) is 28.4 Å². The summed E-state index contributed by atoms with van der Waals surface area (Å²) in [7, 11) is 0. The second-order valence-corrected chi connectivity index (χ2v) is 10.5. The molecule has 1 saturated heterocycles. The number of carbonyl (C=O) groups excluding carboxylic acids is 3. The predicted molar refractivity (Wildman–Crippen MR) is 150 cm³/mol. The molecule has 3 aromatic carbocycles. The van der Waals surface area contributed by atoms with Crippen LogP contribution < -0.4 is 9.47 Å². The Morgan fingerprint density at radius 3 is 2.53 bits per heavy atom. The molecular weight excluding hydrogens is 636 g/mol. The molecule has 6 nitrogen and oxygen atoms in total. The minimum absolute atomic E-state index is 0.0358. The zero-order valence-corrected chi connectivity index (χ0v) is 23.3. The van der Waals surface area contributed by atoms with Crippen molar-refractivity contribution in [2.24, 2.45) is 0 Å². The van der Waals surface area contributed by atoms with Crippen LogP contribution in [0, 0.1) is 3.57 Å². The Balaban J connectivity index is 1.59. The molecule has 1 aliphatic heterocycles. The minimum atomic E-state index is -0.510. The molecule has 0 atom stereocenters. The lowest BCUT2D eigenvalue weighted by Crippen LogP contribution is -2.27. The molecule has 1 aliphatic rings. The highest BCUT2D eigenvalue weighted by molar-refractivity contribution is 14.1. The maximum atomic E-state index is 13.0. The molecule has 0 aliphatic carbocycles. The number of ether oxygens (including phenoxy) is 2. The first kappa shape index (κ1) is 26.5. The number of benzene rings is 3. The van der Waals surface area contributed by atoms with E-state index in [9.17, 15) is 14.4 Å². The first-order valence-corrected chi connectivity index (χ1v) is 13.3. The lowest BCUT2D eigenvalue weighted by atomic mass is 10.1. The highest BCUT2D eigenvalue weighted by atomic mass is 127. The van der Waals surface area contributed by atoms with Crippen molar-refractivity contribution in [1.29, 1.82) is 0 Å². The second kappa shape index (κ2) is 11.7. The summed E-state index contributed by atoms with van der Waals surface area (Å²) in [4.78, 5) is 39.6. The van der Waals surface area contributed by atoms with Crippen LogP contribution in [-0.2, 0) is 11.3 Å². The normalized spacial score (nSPS) is 14.4. The molecule has 0 bridgehead atoms. The van der Waals surface area contributed by atoms with Gasteiger partial charge in [0.2, 0.25) is 0 Å². The monoisotopic (exact) mass is 653 g/mol. The van der Waals surface area contributed by atoms with Crippen molar-refractivity contribution in [3.05, 3.63) is 95.9 Å². The molecular formula is C26H18Cl2INO5S.